The number of likely N-dealkylation sites (N-methyl/N-ethyl adjacent to an activating group) is 1. The molecule has 0 spiro atoms. The van der Waals surface area contributed by atoms with Crippen molar-refractivity contribution in [3.8, 4) is 0 Å². The largest absolute Gasteiger partial charge is 0.377 e. The van der Waals surface area contributed by atoms with E-state index in [1.165, 1.54) is 25.8 Å². The zero-order valence-corrected chi connectivity index (χ0v) is 11.2. The van der Waals surface area contributed by atoms with E-state index in [-0.39, 0.29) is 0 Å². The van der Waals surface area contributed by atoms with Crippen LogP contribution in [0.5, 0.6) is 0 Å². The molecule has 0 aromatic heterocycles. The van der Waals surface area contributed by atoms with Gasteiger partial charge in [-0.25, -0.2) is 0 Å². The molecule has 2 atom stereocenters. The molecular formula is C13H28N2O. The molecule has 0 aromatic rings. The van der Waals surface area contributed by atoms with Crippen LogP contribution in [0.15, 0.2) is 0 Å². The van der Waals surface area contributed by atoms with Crippen molar-refractivity contribution in [2.45, 2.75) is 52.2 Å². The molecule has 0 aromatic carbocycles. The molecule has 0 radical (unpaired) electrons. The first-order chi connectivity index (χ1) is 7.81. The van der Waals surface area contributed by atoms with Crippen LogP contribution in [0.2, 0.25) is 0 Å². The molecule has 0 saturated carbocycles. The third kappa shape index (κ3) is 4.40. The lowest BCUT2D eigenvalue weighted by Crippen LogP contribution is -2.49. The standard InChI is InChI=1S/C13H28N2O/c1-4-12(10-14-5-2)15-9-7-8-13(11-15)16-6-3/h12-14H,4-11H2,1-3H3. The molecule has 2 unspecified atom stereocenters. The van der Waals surface area contributed by atoms with E-state index in [9.17, 15) is 0 Å². The minimum Gasteiger partial charge on any atom is -0.377 e. The average molecular weight is 228 g/mol. The molecule has 0 aliphatic carbocycles. The van der Waals surface area contributed by atoms with E-state index in [4.69, 9.17) is 4.74 Å². The fourth-order valence-corrected chi connectivity index (χ4v) is 2.51. The van der Waals surface area contributed by atoms with Crippen LogP contribution in [0, 0.1) is 0 Å². The van der Waals surface area contributed by atoms with Gasteiger partial charge in [0.25, 0.3) is 0 Å². The van der Waals surface area contributed by atoms with Crippen LogP contribution in [0.25, 0.3) is 0 Å². The minimum atomic E-state index is 0.467. The number of likely N-dealkylation sites (tertiary alicyclic amines) is 1. The lowest BCUT2D eigenvalue weighted by atomic mass is 10.0. The number of ether oxygens (including phenoxy) is 1. The summed E-state index contributed by atoms with van der Waals surface area (Å²) in [5, 5.41) is 3.46. The van der Waals surface area contributed by atoms with E-state index in [2.05, 4.69) is 31.0 Å². The third-order valence-corrected chi connectivity index (χ3v) is 3.43. The van der Waals surface area contributed by atoms with E-state index in [1.54, 1.807) is 0 Å². The lowest BCUT2D eigenvalue weighted by molar-refractivity contribution is -0.00763. The Morgan fingerprint density at radius 2 is 2.19 bits per heavy atom. The Morgan fingerprint density at radius 3 is 2.81 bits per heavy atom. The van der Waals surface area contributed by atoms with Gasteiger partial charge in [0.2, 0.25) is 0 Å². The van der Waals surface area contributed by atoms with Crippen LogP contribution >= 0.6 is 0 Å². The first kappa shape index (κ1) is 13.9. The van der Waals surface area contributed by atoms with Gasteiger partial charge in [-0.1, -0.05) is 13.8 Å². The summed E-state index contributed by atoms with van der Waals surface area (Å²) in [6.07, 6.45) is 4.22. The maximum absolute atomic E-state index is 5.75. The molecule has 96 valence electrons. The number of nitrogens with zero attached hydrogens (tertiary/aromatic N) is 1. The Kier molecular flexibility index (Phi) is 7.01. The van der Waals surface area contributed by atoms with Gasteiger partial charge in [-0.05, 0) is 39.3 Å². The molecule has 0 amide bonds. The Morgan fingerprint density at radius 1 is 1.38 bits per heavy atom. The maximum atomic E-state index is 5.75. The van der Waals surface area contributed by atoms with Crippen molar-refractivity contribution in [3.63, 3.8) is 0 Å². The number of hydrogen-bond acceptors (Lipinski definition) is 3. The van der Waals surface area contributed by atoms with Gasteiger partial charge in [0.05, 0.1) is 6.10 Å². The summed E-state index contributed by atoms with van der Waals surface area (Å²) in [7, 11) is 0. The van der Waals surface area contributed by atoms with Gasteiger partial charge >= 0.3 is 0 Å². The number of hydrogen-bond donors (Lipinski definition) is 1. The molecule has 1 saturated heterocycles. The molecular weight excluding hydrogens is 200 g/mol. The van der Waals surface area contributed by atoms with Gasteiger partial charge in [0, 0.05) is 25.7 Å². The summed E-state index contributed by atoms with van der Waals surface area (Å²) in [5.74, 6) is 0. The molecule has 16 heavy (non-hydrogen) atoms. The summed E-state index contributed by atoms with van der Waals surface area (Å²) < 4.78 is 5.75. The van der Waals surface area contributed by atoms with Gasteiger partial charge in [0.1, 0.15) is 0 Å². The molecule has 3 heteroatoms. The monoisotopic (exact) mass is 228 g/mol. The minimum absolute atomic E-state index is 0.467. The first-order valence-electron chi connectivity index (χ1n) is 6.88. The Hall–Kier alpha value is -0.120. The van der Waals surface area contributed by atoms with Gasteiger partial charge in [-0.15, -0.1) is 0 Å². The molecule has 1 heterocycles. The molecule has 1 rings (SSSR count). The van der Waals surface area contributed by atoms with E-state index < -0.39 is 0 Å². The average Bonchev–Trinajstić information content (AvgIpc) is 2.31. The summed E-state index contributed by atoms with van der Waals surface area (Å²) in [4.78, 5) is 2.60. The van der Waals surface area contributed by atoms with Gasteiger partial charge in [-0.3, -0.25) is 4.90 Å². The van der Waals surface area contributed by atoms with Crippen LogP contribution in [0.4, 0.5) is 0 Å². The van der Waals surface area contributed by atoms with E-state index in [0.29, 0.717) is 12.1 Å². The van der Waals surface area contributed by atoms with E-state index >= 15 is 0 Å². The van der Waals surface area contributed by atoms with Crippen molar-refractivity contribution in [1.82, 2.24) is 10.2 Å². The smallest absolute Gasteiger partial charge is 0.0702 e. The van der Waals surface area contributed by atoms with Crippen LogP contribution in [-0.2, 0) is 4.74 Å². The zero-order chi connectivity index (χ0) is 11.8. The van der Waals surface area contributed by atoms with Crippen molar-refractivity contribution in [3.05, 3.63) is 0 Å². The normalized spacial score (nSPS) is 24.6. The maximum Gasteiger partial charge on any atom is 0.0702 e. The van der Waals surface area contributed by atoms with Gasteiger partial charge in [0.15, 0.2) is 0 Å². The number of nitrogens with one attached hydrogen (secondary N) is 1. The predicted octanol–water partition coefficient (Wildman–Crippen LogP) is 1.88. The second-order valence-electron chi connectivity index (χ2n) is 4.58. The fraction of sp³-hybridized carbons (Fsp3) is 1.00. The molecule has 0 bridgehead atoms. The van der Waals surface area contributed by atoms with Crippen LogP contribution in [0.3, 0.4) is 0 Å². The van der Waals surface area contributed by atoms with Crippen molar-refractivity contribution in [2.24, 2.45) is 0 Å². The van der Waals surface area contributed by atoms with Crippen LogP contribution in [0.1, 0.15) is 40.0 Å². The summed E-state index contributed by atoms with van der Waals surface area (Å²) in [5.41, 5.74) is 0. The summed E-state index contributed by atoms with van der Waals surface area (Å²) >= 11 is 0. The third-order valence-electron chi connectivity index (χ3n) is 3.43. The van der Waals surface area contributed by atoms with Gasteiger partial charge in [-0.2, -0.15) is 0 Å². The molecule has 1 fully saturated rings. The van der Waals surface area contributed by atoms with Crippen LogP contribution in [-0.4, -0.2) is 49.8 Å². The number of rotatable bonds is 7. The SMILES string of the molecule is CCNCC(CC)N1CCCC(OCC)C1. The molecule has 3 nitrogen and oxygen atoms in total. The van der Waals surface area contributed by atoms with Crippen LogP contribution < -0.4 is 5.32 Å². The quantitative estimate of drug-likeness (QED) is 0.720. The van der Waals surface area contributed by atoms with Crippen molar-refractivity contribution in [1.29, 1.82) is 0 Å². The fourth-order valence-electron chi connectivity index (χ4n) is 2.51. The Balaban J connectivity index is 2.37. The second kappa shape index (κ2) is 8.04. The zero-order valence-electron chi connectivity index (χ0n) is 11.2. The topological polar surface area (TPSA) is 24.5 Å². The van der Waals surface area contributed by atoms with E-state index in [0.717, 1.165) is 26.2 Å². The Labute approximate surface area is 101 Å². The molecule has 1 aliphatic heterocycles. The van der Waals surface area contributed by atoms with Gasteiger partial charge < -0.3 is 10.1 Å². The highest BCUT2D eigenvalue weighted by molar-refractivity contribution is 4.80. The Bertz CT molecular complexity index is 173. The highest BCUT2D eigenvalue weighted by Gasteiger charge is 2.24. The summed E-state index contributed by atoms with van der Waals surface area (Å²) in [6, 6.07) is 0.684. The van der Waals surface area contributed by atoms with Crippen molar-refractivity contribution < 1.29 is 4.74 Å². The molecule has 1 N–H and O–H groups in total. The number of piperidine rings is 1. The van der Waals surface area contributed by atoms with Crippen molar-refractivity contribution in [2.75, 3.05) is 32.8 Å². The lowest BCUT2D eigenvalue weighted by Gasteiger charge is -2.37. The molecule has 1 aliphatic rings. The highest BCUT2D eigenvalue weighted by atomic mass is 16.5. The highest BCUT2D eigenvalue weighted by Crippen LogP contribution is 2.16. The summed E-state index contributed by atoms with van der Waals surface area (Å²) in [6.45, 7) is 12.0. The second-order valence-corrected chi connectivity index (χ2v) is 4.58. The predicted molar refractivity (Wildman–Crippen MR) is 68.8 cm³/mol. The van der Waals surface area contributed by atoms with Crippen molar-refractivity contribution >= 4 is 0 Å². The first-order valence-corrected chi connectivity index (χ1v) is 6.88. The van der Waals surface area contributed by atoms with E-state index in [1.807, 2.05) is 0 Å².